The van der Waals surface area contributed by atoms with Gasteiger partial charge < -0.3 is 10.6 Å². The maximum Gasteiger partial charge on any atom is 0.237 e. The topological polar surface area (TPSA) is 108 Å². The van der Waals surface area contributed by atoms with Crippen molar-refractivity contribution >= 4 is 21.8 Å². The van der Waals surface area contributed by atoms with Gasteiger partial charge in [-0.05, 0) is 18.4 Å². The van der Waals surface area contributed by atoms with Crippen LogP contribution < -0.4 is 15.4 Å². The Labute approximate surface area is 159 Å². The van der Waals surface area contributed by atoms with E-state index in [2.05, 4.69) is 15.4 Å². The molecule has 1 aromatic rings. The Bertz CT molecular complexity index is 784. The van der Waals surface area contributed by atoms with Crippen LogP contribution in [0.5, 0.6) is 0 Å². The number of amides is 2. The molecule has 2 aliphatic rings. The van der Waals surface area contributed by atoms with Crippen molar-refractivity contribution in [3.8, 4) is 0 Å². The van der Waals surface area contributed by atoms with Gasteiger partial charge in [-0.1, -0.05) is 30.3 Å². The zero-order valence-corrected chi connectivity index (χ0v) is 16.2. The number of sulfonamides is 1. The Hall–Kier alpha value is -1.97. The first-order chi connectivity index (χ1) is 12.8. The molecule has 3 atom stereocenters. The van der Waals surface area contributed by atoms with Crippen LogP contribution in [-0.2, 0) is 26.2 Å². The van der Waals surface area contributed by atoms with Crippen molar-refractivity contribution in [1.82, 2.24) is 20.3 Å². The van der Waals surface area contributed by atoms with Gasteiger partial charge in [0, 0.05) is 38.1 Å². The summed E-state index contributed by atoms with van der Waals surface area (Å²) in [5.41, 5.74) is 1.05. The Balaban J connectivity index is 1.50. The molecule has 3 rings (SSSR count). The molecule has 2 heterocycles. The number of rotatable bonds is 7. The van der Waals surface area contributed by atoms with Gasteiger partial charge in [-0.15, -0.1) is 0 Å². The number of nitrogens with zero attached hydrogens (tertiary/aromatic N) is 1. The minimum atomic E-state index is -3.32. The van der Waals surface area contributed by atoms with Gasteiger partial charge in [0.1, 0.15) is 0 Å². The van der Waals surface area contributed by atoms with Gasteiger partial charge in [-0.2, -0.15) is 0 Å². The minimum Gasteiger partial charge on any atom is -0.353 e. The monoisotopic (exact) mass is 394 g/mol. The fourth-order valence-electron chi connectivity index (χ4n) is 3.81. The number of hydrogen-bond donors (Lipinski definition) is 3. The van der Waals surface area contributed by atoms with E-state index in [9.17, 15) is 18.0 Å². The van der Waals surface area contributed by atoms with E-state index in [0.29, 0.717) is 38.9 Å². The zero-order chi connectivity index (χ0) is 19.4. The molecule has 9 heteroatoms. The van der Waals surface area contributed by atoms with E-state index in [-0.39, 0.29) is 29.9 Å². The molecule has 1 aromatic carbocycles. The number of carbonyl (C=O) groups excluding carboxylic acids is 2. The predicted octanol–water partition coefficient (Wildman–Crippen LogP) is -0.426. The number of benzene rings is 1. The van der Waals surface area contributed by atoms with Crippen molar-refractivity contribution in [2.75, 3.05) is 19.3 Å². The van der Waals surface area contributed by atoms with Gasteiger partial charge in [0.2, 0.25) is 21.8 Å². The van der Waals surface area contributed by atoms with Crippen LogP contribution in [0.1, 0.15) is 24.8 Å². The third-order valence-corrected chi connectivity index (χ3v) is 5.80. The summed E-state index contributed by atoms with van der Waals surface area (Å²) in [5, 5.41) is 5.79. The van der Waals surface area contributed by atoms with Gasteiger partial charge in [0.05, 0.1) is 12.3 Å². The normalized spacial score (nSPS) is 25.7. The van der Waals surface area contributed by atoms with E-state index in [1.54, 1.807) is 0 Å². The highest BCUT2D eigenvalue weighted by molar-refractivity contribution is 7.88. The quantitative estimate of drug-likeness (QED) is 0.582. The van der Waals surface area contributed by atoms with Crippen molar-refractivity contribution in [2.45, 2.75) is 43.9 Å². The first-order valence-corrected chi connectivity index (χ1v) is 11.0. The molecular weight excluding hydrogens is 368 g/mol. The van der Waals surface area contributed by atoms with E-state index in [0.717, 1.165) is 11.8 Å². The summed E-state index contributed by atoms with van der Waals surface area (Å²) in [7, 11) is -3.32. The summed E-state index contributed by atoms with van der Waals surface area (Å²) in [4.78, 5) is 26.3. The summed E-state index contributed by atoms with van der Waals surface area (Å²) >= 11 is 0. The Morgan fingerprint density at radius 2 is 2.04 bits per heavy atom. The van der Waals surface area contributed by atoms with E-state index in [1.807, 2.05) is 35.2 Å². The number of carbonyl (C=O) groups is 2. The zero-order valence-electron chi connectivity index (χ0n) is 15.3. The lowest BCUT2D eigenvalue weighted by Gasteiger charge is -2.37. The summed E-state index contributed by atoms with van der Waals surface area (Å²) < 4.78 is 25.5. The second-order valence-corrected chi connectivity index (χ2v) is 9.02. The highest BCUT2D eigenvalue weighted by Gasteiger charge is 2.43. The molecular formula is C18H26N4O4S. The molecule has 0 aromatic heterocycles. The highest BCUT2D eigenvalue weighted by atomic mass is 32.2. The SMILES string of the molecule is CS(=O)(=O)N[C@H]1C[C@H]2C(=O)NC[C@@H](CCC(=O)NCc3ccccc3)N2C1. The first-order valence-electron chi connectivity index (χ1n) is 9.13. The molecule has 148 valence electrons. The fourth-order valence-corrected chi connectivity index (χ4v) is 4.59. The molecule has 2 fully saturated rings. The van der Waals surface area contributed by atoms with Gasteiger partial charge in [-0.25, -0.2) is 13.1 Å². The Kier molecular flexibility index (Phi) is 6.13. The number of piperazine rings is 1. The molecule has 0 bridgehead atoms. The highest BCUT2D eigenvalue weighted by Crippen LogP contribution is 2.26. The van der Waals surface area contributed by atoms with Crippen LogP contribution in [0.3, 0.4) is 0 Å². The van der Waals surface area contributed by atoms with Gasteiger partial charge in [0.15, 0.2) is 0 Å². The molecule has 0 radical (unpaired) electrons. The maximum absolute atomic E-state index is 12.2. The van der Waals surface area contributed by atoms with Crippen LogP contribution in [0.4, 0.5) is 0 Å². The molecule has 2 aliphatic heterocycles. The standard InChI is InChI=1S/C18H26N4O4S/c1-27(25,26)21-14-9-16-18(24)20-11-15(22(16)12-14)7-8-17(23)19-10-13-5-3-2-4-6-13/h2-6,14-16,21H,7-12H2,1H3,(H,19,23)(H,20,24)/t14-,15+,16-/m0/s1. The predicted molar refractivity (Wildman–Crippen MR) is 101 cm³/mol. The average Bonchev–Trinajstić information content (AvgIpc) is 3.03. The lowest BCUT2D eigenvalue weighted by atomic mass is 10.0. The largest absolute Gasteiger partial charge is 0.353 e. The lowest BCUT2D eigenvalue weighted by Crippen LogP contribution is -2.58. The van der Waals surface area contributed by atoms with Crippen molar-refractivity contribution < 1.29 is 18.0 Å². The van der Waals surface area contributed by atoms with E-state index in [4.69, 9.17) is 0 Å². The first kappa shape index (κ1) is 19.8. The molecule has 27 heavy (non-hydrogen) atoms. The average molecular weight is 394 g/mol. The number of nitrogens with one attached hydrogen (secondary N) is 3. The van der Waals surface area contributed by atoms with Gasteiger partial charge in [-0.3, -0.25) is 14.5 Å². The molecule has 0 unspecified atom stereocenters. The molecule has 0 aliphatic carbocycles. The Morgan fingerprint density at radius 1 is 1.30 bits per heavy atom. The summed E-state index contributed by atoms with van der Waals surface area (Å²) in [6.07, 6.45) is 2.55. The second kappa shape index (κ2) is 8.37. The van der Waals surface area contributed by atoms with Crippen LogP contribution >= 0.6 is 0 Å². The van der Waals surface area contributed by atoms with Crippen LogP contribution in [0.2, 0.25) is 0 Å². The molecule has 8 nitrogen and oxygen atoms in total. The van der Waals surface area contributed by atoms with E-state index < -0.39 is 10.0 Å². The Morgan fingerprint density at radius 3 is 2.74 bits per heavy atom. The molecule has 0 spiro atoms. The van der Waals surface area contributed by atoms with Crippen molar-refractivity contribution in [3.63, 3.8) is 0 Å². The van der Waals surface area contributed by atoms with E-state index >= 15 is 0 Å². The second-order valence-electron chi connectivity index (χ2n) is 7.24. The summed E-state index contributed by atoms with van der Waals surface area (Å²) in [6, 6.07) is 9.13. The van der Waals surface area contributed by atoms with Crippen molar-refractivity contribution in [1.29, 1.82) is 0 Å². The van der Waals surface area contributed by atoms with Crippen LogP contribution in [-0.4, -0.2) is 62.6 Å². The number of fused-ring (bicyclic) bond motifs is 1. The van der Waals surface area contributed by atoms with Crippen LogP contribution in [0.15, 0.2) is 30.3 Å². The lowest BCUT2D eigenvalue weighted by molar-refractivity contribution is -0.129. The van der Waals surface area contributed by atoms with Crippen LogP contribution in [0, 0.1) is 0 Å². The summed E-state index contributed by atoms with van der Waals surface area (Å²) in [6.45, 7) is 1.46. The van der Waals surface area contributed by atoms with Crippen molar-refractivity contribution in [2.24, 2.45) is 0 Å². The summed E-state index contributed by atoms with van der Waals surface area (Å²) in [5.74, 6) is -0.102. The third kappa shape index (κ3) is 5.50. The smallest absolute Gasteiger partial charge is 0.237 e. The minimum absolute atomic E-state index is 0.0292. The van der Waals surface area contributed by atoms with Gasteiger partial charge >= 0.3 is 0 Å². The fraction of sp³-hybridized carbons (Fsp3) is 0.556. The third-order valence-electron chi connectivity index (χ3n) is 5.04. The van der Waals surface area contributed by atoms with Crippen LogP contribution in [0.25, 0.3) is 0 Å². The molecule has 2 amide bonds. The van der Waals surface area contributed by atoms with E-state index in [1.165, 1.54) is 0 Å². The van der Waals surface area contributed by atoms with Crippen molar-refractivity contribution in [3.05, 3.63) is 35.9 Å². The molecule has 3 N–H and O–H groups in total. The number of hydrogen-bond acceptors (Lipinski definition) is 5. The molecule has 2 saturated heterocycles. The molecule has 0 saturated carbocycles. The van der Waals surface area contributed by atoms with Gasteiger partial charge in [0.25, 0.3) is 0 Å². The maximum atomic E-state index is 12.2.